The zero-order valence-corrected chi connectivity index (χ0v) is 34.4. The predicted molar refractivity (Wildman–Crippen MR) is 261 cm³/mol. The lowest BCUT2D eigenvalue weighted by Gasteiger charge is -2.45. The van der Waals surface area contributed by atoms with E-state index in [4.69, 9.17) is 4.42 Å². The molecule has 11 aromatic rings. The maximum atomic E-state index is 6.87. The van der Waals surface area contributed by atoms with E-state index in [1.54, 1.807) is 0 Å². The van der Waals surface area contributed by atoms with Gasteiger partial charge in [0.1, 0.15) is 5.58 Å². The summed E-state index contributed by atoms with van der Waals surface area (Å²) in [5, 5.41) is 2.22. The topological polar surface area (TPSA) is 16.4 Å². The highest BCUT2D eigenvalue weighted by molar-refractivity contribution is 6.11. The molecule has 1 aliphatic heterocycles. The zero-order chi connectivity index (χ0) is 41.5. The van der Waals surface area contributed by atoms with Gasteiger partial charge in [-0.15, -0.1) is 0 Å². The molecule has 0 radical (unpaired) electrons. The van der Waals surface area contributed by atoms with Crippen molar-refractivity contribution >= 4 is 39.0 Å². The smallest absolute Gasteiger partial charge is 0.159 e. The molecule has 2 heterocycles. The van der Waals surface area contributed by atoms with Crippen molar-refractivity contribution in [3.8, 4) is 55.6 Å². The van der Waals surface area contributed by atoms with Gasteiger partial charge in [-0.2, -0.15) is 0 Å². The third kappa shape index (κ3) is 5.19. The van der Waals surface area contributed by atoms with E-state index in [0.29, 0.717) is 0 Å². The van der Waals surface area contributed by atoms with Crippen LogP contribution in [0.5, 0.6) is 0 Å². The van der Waals surface area contributed by atoms with Gasteiger partial charge in [0.15, 0.2) is 5.58 Å². The Morgan fingerprint density at radius 1 is 0.286 bits per heavy atom. The van der Waals surface area contributed by atoms with Gasteiger partial charge < -0.3 is 9.32 Å². The standard InChI is InChI=1S/C61H39NO/c1-3-18-40(19-4-1)44-22-7-9-24-46(44)42-34-36-56-54(38-42)61(52-30-14-11-26-48(52)49-27-12-15-31-53(49)61)55-39-43(47-25-10-8-23-45(47)41-20-5-2-6-21-41)35-37-57(55)62(56)58-32-17-29-51-50-28-13-16-33-59(50)63-60(51)58/h1-39H. The van der Waals surface area contributed by atoms with E-state index in [9.17, 15) is 0 Å². The zero-order valence-electron chi connectivity index (χ0n) is 34.4. The summed E-state index contributed by atoms with van der Waals surface area (Å²) in [7, 11) is 0. The molecule has 0 fully saturated rings. The summed E-state index contributed by atoms with van der Waals surface area (Å²) in [6, 6.07) is 86.7. The SMILES string of the molecule is c1ccc(-c2ccccc2-c2ccc3c(c2)C2(c4ccccc4-c4ccccc42)c2cc(-c4ccccc4-c4ccccc4)ccc2N3c2cccc3c2oc2ccccc23)cc1. The number of furan rings is 1. The highest BCUT2D eigenvalue weighted by Crippen LogP contribution is 2.64. The van der Waals surface area contributed by atoms with Crippen molar-refractivity contribution in [2.24, 2.45) is 0 Å². The predicted octanol–water partition coefficient (Wildman–Crippen LogP) is 16.4. The second-order valence-electron chi connectivity index (χ2n) is 16.7. The summed E-state index contributed by atoms with van der Waals surface area (Å²) in [4.78, 5) is 2.48. The Balaban J connectivity index is 1.17. The Morgan fingerprint density at radius 2 is 0.714 bits per heavy atom. The van der Waals surface area contributed by atoms with Gasteiger partial charge in [0.25, 0.3) is 0 Å². The first kappa shape index (κ1) is 35.5. The van der Waals surface area contributed by atoms with Gasteiger partial charge in [0.2, 0.25) is 0 Å². The monoisotopic (exact) mass is 801 g/mol. The van der Waals surface area contributed by atoms with Gasteiger partial charge in [-0.3, -0.25) is 0 Å². The summed E-state index contributed by atoms with van der Waals surface area (Å²) >= 11 is 0. The number of hydrogen-bond donors (Lipinski definition) is 0. The molecule has 2 nitrogen and oxygen atoms in total. The second-order valence-corrected chi connectivity index (χ2v) is 16.7. The molecule has 0 saturated carbocycles. The van der Waals surface area contributed by atoms with Crippen molar-refractivity contribution in [3.63, 3.8) is 0 Å². The molecule has 2 aliphatic rings. The molecule has 0 amide bonds. The maximum Gasteiger partial charge on any atom is 0.159 e. The van der Waals surface area contributed by atoms with Crippen LogP contribution in [0.15, 0.2) is 241 Å². The second kappa shape index (κ2) is 13.9. The van der Waals surface area contributed by atoms with Crippen LogP contribution in [-0.2, 0) is 5.41 Å². The molecule has 0 atom stereocenters. The summed E-state index contributed by atoms with van der Waals surface area (Å²) in [6.45, 7) is 0. The first-order valence-corrected chi connectivity index (χ1v) is 21.8. The van der Waals surface area contributed by atoms with Crippen molar-refractivity contribution in [1.29, 1.82) is 0 Å². The molecule has 1 aliphatic carbocycles. The number of rotatable bonds is 5. The summed E-state index contributed by atoms with van der Waals surface area (Å²) < 4.78 is 6.87. The van der Waals surface area contributed by atoms with Gasteiger partial charge in [-0.1, -0.05) is 200 Å². The minimum Gasteiger partial charge on any atom is -0.454 e. The molecule has 294 valence electrons. The largest absolute Gasteiger partial charge is 0.454 e. The molecule has 63 heavy (non-hydrogen) atoms. The molecule has 13 rings (SSSR count). The van der Waals surface area contributed by atoms with Crippen LogP contribution in [0.1, 0.15) is 22.3 Å². The van der Waals surface area contributed by atoms with E-state index in [2.05, 4.69) is 241 Å². The summed E-state index contributed by atoms with van der Waals surface area (Å²) in [5.41, 5.74) is 21.5. The van der Waals surface area contributed by atoms with E-state index in [1.165, 1.54) is 77.9 Å². The number of fused-ring (bicyclic) bond motifs is 12. The third-order valence-electron chi connectivity index (χ3n) is 13.5. The first-order chi connectivity index (χ1) is 31.3. The fourth-order valence-electron chi connectivity index (χ4n) is 10.9. The number of benzene rings is 10. The number of anilines is 3. The minimum atomic E-state index is -0.661. The number of para-hydroxylation sites is 2. The van der Waals surface area contributed by atoms with E-state index < -0.39 is 5.41 Å². The van der Waals surface area contributed by atoms with Crippen molar-refractivity contribution < 1.29 is 4.42 Å². The summed E-state index contributed by atoms with van der Waals surface area (Å²) in [6.07, 6.45) is 0. The molecular weight excluding hydrogens is 763 g/mol. The van der Waals surface area contributed by atoms with Gasteiger partial charge >= 0.3 is 0 Å². The van der Waals surface area contributed by atoms with Crippen LogP contribution in [-0.4, -0.2) is 0 Å². The quantitative estimate of drug-likeness (QED) is 0.172. The van der Waals surface area contributed by atoms with Gasteiger partial charge in [0, 0.05) is 10.8 Å². The number of nitrogens with zero attached hydrogens (tertiary/aromatic N) is 1. The molecule has 0 unspecified atom stereocenters. The van der Waals surface area contributed by atoms with Crippen molar-refractivity contribution in [2.45, 2.75) is 5.41 Å². The lowest BCUT2D eigenvalue weighted by atomic mass is 9.64. The highest BCUT2D eigenvalue weighted by atomic mass is 16.3. The third-order valence-corrected chi connectivity index (χ3v) is 13.5. The van der Waals surface area contributed by atoms with E-state index >= 15 is 0 Å². The van der Waals surface area contributed by atoms with Gasteiger partial charge in [-0.05, 0) is 114 Å². The Kier molecular flexibility index (Phi) is 7.85. The average molecular weight is 802 g/mol. The van der Waals surface area contributed by atoms with Crippen LogP contribution in [0.25, 0.3) is 77.6 Å². The molecule has 0 saturated heterocycles. The van der Waals surface area contributed by atoms with Gasteiger partial charge in [0.05, 0.1) is 22.5 Å². The molecule has 0 N–H and O–H groups in total. The Morgan fingerprint density at radius 3 is 1.25 bits per heavy atom. The maximum absolute atomic E-state index is 6.87. The Hall–Kier alpha value is -8.20. The van der Waals surface area contributed by atoms with Crippen molar-refractivity contribution in [1.82, 2.24) is 0 Å². The van der Waals surface area contributed by atoms with E-state index in [0.717, 1.165) is 39.0 Å². The van der Waals surface area contributed by atoms with Crippen molar-refractivity contribution in [3.05, 3.63) is 259 Å². The van der Waals surface area contributed by atoms with Crippen LogP contribution in [0, 0.1) is 0 Å². The minimum absolute atomic E-state index is 0.661. The molecule has 1 spiro atoms. The molecule has 2 heteroatoms. The fourth-order valence-corrected chi connectivity index (χ4v) is 10.9. The van der Waals surface area contributed by atoms with Crippen LogP contribution in [0.3, 0.4) is 0 Å². The van der Waals surface area contributed by atoms with E-state index in [-0.39, 0.29) is 0 Å². The number of hydrogen-bond acceptors (Lipinski definition) is 2. The lowest BCUT2D eigenvalue weighted by Crippen LogP contribution is -2.36. The van der Waals surface area contributed by atoms with Crippen LogP contribution < -0.4 is 4.90 Å². The normalized spacial score (nSPS) is 13.2. The first-order valence-electron chi connectivity index (χ1n) is 21.8. The highest BCUT2D eigenvalue weighted by Gasteiger charge is 2.52. The molecular formula is C61H39NO. The molecule has 1 aromatic heterocycles. The fraction of sp³-hybridized carbons (Fsp3) is 0.0164. The average Bonchev–Trinajstić information content (AvgIpc) is 3.89. The van der Waals surface area contributed by atoms with Gasteiger partial charge in [-0.25, -0.2) is 0 Å². The Labute approximate surface area is 366 Å². The van der Waals surface area contributed by atoms with E-state index in [1.807, 2.05) is 0 Å². The Bertz CT molecular complexity index is 3400. The van der Waals surface area contributed by atoms with Crippen LogP contribution in [0.2, 0.25) is 0 Å². The molecule has 0 bridgehead atoms. The summed E-state index contributed by atoms with van der Waals surface area (Å²) in [5.74, 6) is 0. The van der Waals surface area contributed by atoms with Crippen molar-refractivity contribution in [2.75, 3.05) is 4.90 Å². The lowest BCUT2D eigenvalue weighted by molar-refractivity contribution is 0.668. The van der Waals surface area contributed by atoms with Crippen LogP contribution >= 0.6 is 0 Å². The molecule has 10 aromatic carbocycles. The van der Waals surface area contributed by atoms with Crippen LogP contribution in [0.4, 0.5) is 17.1 Å².